The Morgan fingerprint density at radius 2 is 1.93 bits per heavy atom. The Bertz CT molecular complexity index is 1640. The van der Waals surface area contributed by atoms with Gasteiger partial charge in [-0.3, -0.25) is 9.21 Å². The van der Waals surface area contributed by atoms with E-state index < -0.39 is 28.3 Å². The highest BCUT2D eigenvalue weighted by atomic mass is 32.2. The van der Waals surface area contributed by atoms with Crippen LogP contribution in [0, 0.1) is 5.92 Å². The van der Waals surface area contributed by atoms with Gasteiger partial charge in [-0.15, -0.1) is 22.7 Å². The lowest BCUT2D eigenvalue weighted by Crippen LogP contribution is -2.39. The van der Waals surface area contributed by atoms with Crippen LogP contribution in [-0.4, -0.2) is 61.2 Å². The number of piperidine rings is 1. The van der Waals surface area contributed by atoms with E-state index in [1.807, 2.05) is 24.3 Å². The molecule has 2 fully saturated rings. The molecule has 3 aromatic heterocycles. The highest BCUT2D eigenvalue weighted by Crippen LogP contribution is 2.39. The number of rotatable bonds is 9. The number of nitrogens with one attached hydrogen (secondary N) is 1. The minimum absolute atomic E-state index is 0.314. The lowest BCUT2D eigenvalue weighted by atomic mass is 10.1. The van der Waals surface area contributed by atoms with Crippen LogP contribution in [0.5, 0.6) is 0 Å². The summed E-state index contributed by atoms with van der Waals surface area (Å²) in [6.07, 6.45) is -1.23. The minimum Gasteiger partial charge on any atom is -0.456 e. The van der Waals surface area contributed by atoms with Crippen molar-refractivity contribution in [2.45, 2.75) is 48.7 Å². The summed E-state index contributed by atoms with van der Waals surface area (Å²) in [6, 6.07) is 11.0. The maximum atomic E-state index is 13.6. The molecule has 14 heteroatoms. The number of sulfonamides is 1. The van der Waals surface area contributed by atoms with Crippen LogP contribution in [0.1, 0.15) is 30.6 Å². The number of nitrogens with zero attached hydrogens (tertiary/aromatic N) is 3. The molecule has 2 aliphatic rings. The van der Waals surface area contributed by atoms with Crippen molar-refractivity contribution in [1.29, 1.82) is 0 Å². The first-order chi connectivity index (χ1) is 19.6. The van der Waals surface area contributed by atoms with Crippen molar-refractivity contribution < 1.29 is 31.1 Å². The van der Waals surface area contributed by atoms with Crippen LogP contribution in [-0.2, 0) is 26.1 Å². The van der Waals surface area contributed by atoms with Crippen LogP contribution < -0.4 is 4.31 Å². The molecule has 6 rings (SSSR count). The van der Waals surface area contributed by atoms with E-state index in [0.29, 0.717) is 54.8 Å². The normalized spacial score (nSPS) is 17.2. The Kier molecular flexibility index (Phi) is 7.59. The molecule has 1 saturated carbocycles. The fourth-order valence-corrected chi connectivity index (χ4v) is 8.56. The van der Waals surface area contributed by atoms with E-state index in [1.54, 1.807) is 23.7 Å². The number of esters is 1. The number of carbonyl (C=O) groups excluding carboxylic acids is 1. The summed E-state index contributed by atoms with van der Waals surface area (Å²) in [5.74, 6) is -1.79. The van der Waals surface area contributed by atoms with Crippen molar-refractivity contribution in [3.8, 4) is 10.7 Å². The molecule has 41 heavy (non-hydrogen) atoms. The van der Waals surface area contributed by atoms with E-state index in [0.717, 1.165) is 39.3 Å². The molecule has 1 aliphatic heterocycles. The molecule has 0 spiro atoms. The predicted molar refractivity (Wildman–Crippen MR) is 151 cm³/mol. The summed E-state index contributed by atoms with van der Waals surface area (Å²) in [5.41, 5.74) is 2.12. The van der Waals surface area contributed by atoms with Crippen LogP contribution in [0.25, 0.3) is 21.6 Å². The molecule has 0 atom stereocenters. The van der Waals surface area contributed by atoms with Gasteiger partial charge in [0.2, 0.25) is 0 Å². The lowest BCUT2D eigenvalue weighted by Gasteiger charge is -2.31. The van der Waals surface area contributed by atoms with Gasteiger partial charge in [0.05, 0.1) is 16.9 Å². The van der Waals surface area contributed by atoms with Gasteiger partial charge in [0.25, 0.3) is 10.0 Å². The molecule has 218 valence electrons. The van der Waals surface area contributed by atoms with Crippen molar-refractivity contribution in [3.63, 3.8) is 0 Å². The van der Waals surface area contributed by atoms with Crippen LogP contribution >= 0.6 is 22.7 Å². The number of likely N-dealkylation sites (tertiary alicyclic amines) is 1. The second-order valence-electron chi connectivity index (χ2n) is 10.3. The van der Waals surface area contributed by atoms with Crippen molar-refractivity contribution in [2.75, 3.05) is 23.9 Å². The van der Waals surface area contributed by atoms with Crippen molar-refractivity contribution in [3.05, 3.63) is 52.9 Å². The molecule has 0 amide bonds. The Morgan fingerprint density at radius 3 is 2.61 bits per heavy atom. The maximum absolute atomic E-state index is 13.6. The molecule has 0 bridgehead atoms. The quantitative estimate of drug-likeness (QED) is 0.229. The zero-order chi connectivity index (χ0) is 28.8. The highest BCUT2D eigenvalue weighted by Gasteiger charge is 2.42. The standard InChI is InChI=1S/C27H27F3N4O4S3/c28-27(29,30)26(35)38-19-8-10-33(11-9-19)16-20-14-31-25(40-20)21-13-18-3-1-4-22(24(18)32-21)34(15-17-6-7-17)41(36,37)23-5-2-12-39-23/h1-5,12-14,17,19,32H,6-11,15-16H2. The first kappa shape index (κ1) is 28.2. The molecular weight excluding hydrogens is 598 g/mol. The Morgan fingerprint density at radius 1 is 1.15 bits per heavy atom. The van der Waals surface area contributed by atoms with Gasteiger partial charge in [-0.2, -0.15) is 13.2 Å². The molecule has 1 N–H and O–H groups in total. The van der Waals surface area contributed by atoms with Gasteiger partial charge in [-0.05, 0) is 55.2 Å². The van der Waals surface area contributed by atoms with Gasteiger partial charge < -0.3 is 9.72 Å². The number of alkyl halides is 3. The number of aromatic nitrogens is 2. The van der Waals surface area contributed by atoms with Crippen LogP contribution in [0.15, 0.2) is 52.2 Å². The number of H-pyrrole nitrogens is 1. The summed E-state index contributed by atoms with van der Waals surface area (Å²) in [6.45, 7) is 2.03. The van der Waals surface area contributed by atoms with Gasteiger partial charge >= 0.3 is 12.1 Å². The number of carbonyl (C=O) groups is 1. The Hall–Kier alpha value is -2.94. The number of hydrogen-bond donors (Lipinski definition) is 1. The summed E-state index contributed by atoms with van der Waals surface area (Å²) in [7, 11) is -3.71. The number of thiazole rings is 1. The Balaban J connectivity index is 1.18. The van der Waals surface area contributed by atoms with E-state index in [2.05, 4.69) is 19.6 Å². The number of hydrogen-bond acceptors (Lipinski definition) is 8. The summed E-state index contributed by atoms with van der Waals surface area (Å²) in [5, 5.41) is 3.40. The predicted octanol–water partition coefficient (Wildman–Crippen LogP) is 6.03. The summed E-state index contributed by atoms with van der Waals surface area (Å²) in [4.78, 5) is 22.2. The second-order valence-corrected chi connectivity index (χ2v) is 14.5. The number of ether oxygens (including phenoxy) is 1. The SMILES string of the molecule is O=C(OC1CCN(Cc2cnc(-c3cc4cccc(N(CC5CC5)S(=O)(=O)c5cccs5)c4[nH]3)s2)CC1)C(F)(F)F. The molecule has 0 unspecified atom stereocenters. The lowest BCUT2D eigenvalue weighted by molar-refractivity contribution is -0.206. The van der Waals surface area contributed by atoms with Crippen LogP contribution in [0.2, 0.25) is 0 Å². The van der Waals surface area contributed by atoms with Gasteiger partial charge in [0.1, 0.15) is 15.3 Å². The van der Waals surface area contributed by atoms with E-state index in [9.17, 15) is 26.4 Å². The summed E-state index contributed by atoms with van der Waals surface area (Å²) < 4.78 is 71.1. The number of benzene rings is 1. The highest BCUT2D eigenvalue weighted by molar-refractivity contribution is 7.94. The molecule has 1 saturated heterocycles. The maximum Gasteiger partial charge on any atom is 0.490 e. The number of fused-ring (bicyclic) bond motifs is 1. The third kappa shape index (κ3) is 6.15. The van der Waals surface area contributed by atoms with Gasteiger partial charge in [0.15, 0.2) is 0 Å². The van der Waals surface area contributed by atoms with Crippen LogP contribution in [0.3, 0.4) is 0 Å². The number of aromatic amines is 1. The smallest absolute Gasteiger partial charge is 0.456 e. The number of para-hydroxylation sites is 1. The van der Waals surface area contributed by atoms with Crippen molar-refractivity contribution >= 4 is 55.3 Å². The monoisotopic (exact) mass is 624 g/mol. The van der Waals surface area contributed by atoms with Crippen molar-refractivity contribution in [2.24, 2.45) is 5.92 Å². The van der Waals surface area contributed by atoms with E-state index in [4.69, 9.17) is 0 Å². The molecule has 1 aliphatic carbocycles. The Labute approximate surface area is 242 Å². The molecule has 8 nitrogen and oxygen atoms in total. The van der Waals surface area contributed by atoms with Gasteiger partial charge in [0, 0.05) is 42.6 Å². The van der Waals surface area contributed by atoms with Gasteiger partial charge in [-0.1, -0.05) is 18.2 Å². The topological polar surface area (TPSA) is 95.6 Å². The minimum atomic E-state index is -4.98. The zero-order valence-corrected chi connectivity index (χ0v) is 24.2. The molecular formula is C27H27F3N4O4S3. The summed E-state index contributed by atoms with van der Waals surface area (Å²) >= 11 is 2.71. The third-order valence-corrected chi connectivity index (χ3v) is 11.4. The van der Waals surface area contributed by atoms with E-state index in [1.165, 1.54) is 27.0 Å². The second kappa shape index (κ2) is 11.0. The number of thiophene rings is 1. The number of halogens is 3. The largest absolute Gasteiger partial charge is 0.490 e. The molecule has 0 radical (unpaired) electrons. The zero-order valence-electron chi connectivity index (χ0n) is 21.8. The van der Waals surface area contributed by atoms with E-state index >= 15 is 0 Å². The fourth-order valence-electron chi connectivity index (χ4n) is 4.97. The number of anilines is 1. The molecule has 4 heterocycles. The fraction of sp³-hybridized carbons (Fsp3) is 0.407. The third-order valence-electron chi connectivity index (χ3n) is 7.27. The van der Waals surface area contributed by atoms with Gasteiger partial charge in [-0.25, -0.2) is 18.2 Å². The molecule has 1 aromatic carbocycles. The average molecular weight is 625 g/mol. The first-order valence-electron chi connectivity index (χ1n) is 13.2. The van der Waals surface area contributed by atoms with Crippen molar-refractivity contribution in [1.82, 2.24) is 14.9 Å². The first-order valence-corrected chi connectivity index (χ1v) is 16.3. The van der Waals surface area contributed by atoms with E-state index in [-0.39, 0.29) is 0 Å². The molecule has 4 aromatic rings. The van der Waals surface area contributed by atoms with Crippen LogP contribution in [0.4, 0.5) is 18.9 Å². The average Bonchev–Trinajstić information content (AvgIpc) is 3.31.